The highest BCUT2D eigenvalue weighted by Gasteiger charge is 2.31. The molecule has 0 aliphatic heterocycles. The van der Waals surface area contributed by atoms with Crippen LogP contribution in [0.2, 0.25) is 0 Å². The summed E-state index contributed by atoms with van der Waals surface area (Å²) in [6, 6.07) is -1.96. The van der Waals surface area contributed by atoms with Crippen LogP contribution < -0.4 is 5.32 Å². The average molecular weight is 355 g/mol. The SMILES string of the molecule is CC(C)(C)OC(=O)N[C@H](Cc1c(F)c(F)c(F)c(F)c1F)C(=O)O. The summed E-state index contributed by atoms with van der Waals surface area (Å²) in [6.45, 7) is 4.44. The molecule has 0 spiro atoms. The molecular weight excluding hydrogens is 341 g/mol. The van der Waals surface area contributed by atoms with Gasteiger partial charge in [0.25, 0.3) is 0 Å². The molecule has 1 atom stereocenters. The Balaban J connectivity index is 3.11. The number of halogens is 5. The van der Waals surface area contributed by atoms with E-state index in [9.17, 15) is 31.5 Å². The molecule has 0 unspecified atom stereocenters. The molecule has 0 fully saturated rings. The molecule has 0 aliphatic rings. The Hall–Kier alpha value is -2.39. The zero-order valence-corrected chi connectivity index (χ0v) is 12.8. The number of aliphatic carboxylic acids is 1. The summed E-state index contributed by atoms with van der Waals surface area (Å²) in [5.41, 5.74) is -2.34. The molecule has 0 saturated carbocycles. The van der Waals surface area contributed by atoms with Crippen LogP contribution >= 0.6 is 0 Å². The van der Waals surface area contributed by atoms with Crippen LogP contribution in [0.15, 0.2) is 0 Å². The van der Waals surface area contributed by atoms with Gasteiger partial charge in [0, 0.05) is 12.0 Å². The van der Waals surface area contributed by atoms with E-state index in [0.29, 0.717) is 0 Å². The fourth-order valence-corrected chi connectivity index (χ4v) is 1.68. The van der Waals surface area contributed by atoms with Crippen molar-refractivity contribution in [1.82, 2.24) is 5.32 Å². The number of carbonyl (C=O) groups is 2. The number of carboxylic acid groups (broad SMARTS) is 1. The first kappa shape index (κ1) is 19.7. The van der Waals surface area contributed by atoms with Gasteiger partial charge in [-0.2, -0.15) is 0 Å². The van der Waals surface area contributed by atoms with E-state index in [4.69, 9.17) is 9.84 Å². The Morgan fingerprint density at radius 1 is 1.00 bits per heavy atom. The highest BCUT2D eigenvalue weighted by atomic mass is 19.2. The van der Waals surface area contributed by atoms with Crippen molar-refractivity contribution in [2.45, 2.75) is 38.8 Å². The van der Waals surface area contributed by atoms with E-state index in [1.165, 1.54) is 20.8 Å². The Kier molecular flexibility index (Phi) is 5.75. The molecule has 0 heterocycles. The van der Waals surface area contributed by atoms with Crippen LogP contribution in [0.1, 0.15) is 26.3 Å². The average Bonchev–Trinajstić information content (AvgIpc) is 2.44. The van der Waals surface area contributed by atoms with E-state index in [1.54, 1.807) is 5.32 Å². The number of alkyl carbamates (subject to hydrolysis) is 1. The number of hydrogen-bond acceptors (Lipinski definition) is 3. The largest absolute Gasteiger partial charge is 0.480 e. The van der Waals surface area contributed by atoms with Gasteiger partial charge >= 0.3 is 12.1 Å². The van der Waals surface area contributed by atoms with Crippen molar-refractivity contribution in [2.75, 3.05) is 0 Å². The van der Waals surface area contributed by atoms with Crippen molar-refractivity contribution in [3.63, 3.8) is 0 Å². The maximum absolute atomic E-state index is 13.6. The number of amides is 1. The van der Waals surface area contributed by atoms with E-state index in [2.05, 4.69) is 0 Å². The molecule has 24 heavy (non-hydrogen) atoms. The topological polar surface area (TPSA) is 75.6 Å². The van der Waals surface area contributed by atoms with Crippen LogP contribution in [0, 0.1) is 29.1 Å². The van der Waals surface area contributed by atoms with E-state index in [-0.39, 0.29) is 0 Å². The molecule has 1 amide bonds. The van der Waals surface area contributed by atoms with Crippen LogP contribution in [0.25, 0.3) is 0 Å². The maximum Gasteiger partial charge on any atom is 0.408 e. The summed E-state index contributed by atoms with van der Waals surface area (Å²) >= 11 is 0. The van der Waals surface area contributed by atoms with Gasteiger partial charge in [-0.1, -0.05) is 0 Å². The molecule has 1 rings (SSSR count). The lowest BCUT2D eigenvalue weighted by Gasteiger charge is -2.22. The molecule has 0 aromatic heterocycles. The molecule has 0 aliphatic carbocycles. The minimum atomic E-state index is -2.36. The van der Waals surface area contributed by atoms with Crippen LogP contribution in [0.5, 0.6) is 0 Å². The number of hydrogen-bond donors (Lipinski definition) is 2. The summed E-state index contributed by atoms with van der Waals surface area (Å²) in [4.78, 5) is 22.6. The summed E-state index contributed by atoms with van der Waals surface area (Å²) in [6.07, 6.45) is -2.39. The molecule has 1 aromatic rings. The molecule has 0 saturated heterocycles. The number of nitrogens with one attached hydrogen (secondary N) is 1. The summed E-state index contributed by atoms with van der Waals surface area (Å²) in [7, 11) is 0. The summed E-state index contributed by atoms with van der Waals surface area (Å²) < 4.78 is 71.1. The zero-order valence-electron chi connectivity index (χ0n) is 12.8. The highest BCUT2D eigenvalue weighted by Crippen LogP contribution is 2.24. The standard InChI is InChI=1S/C14H14F5NO4/c1-14(2,3)24-13(23)20-6(12(21)22)4-5-7(15)9(17)11(19)10(18)8(5)16/h6H,4H2,1-3H3,(H,20,23)(H,21,22)/t6-/m1/s1. The van der Waals surface area contributed by atoms with Gasteiger partial charge in [-0.25, -0.2) is 31.5 Å². The second kappa shape index (κ2) is 7.02. The summed E-state index contributed by atoms with van der Waals surface area (Å²) in [5, 5.41) is 10.8. The van der Waals surface area contributed by atoms with Crippen molar-refractivity contribution in [3.05, 3.63) is 34.6 Å². The number of ether oxygens (including phenoxy) is 1. The van der Waals surface area contributed by atoms with Crippen LogP contribution in [0.4, 0.5) is 26.7 Å². The fourth-order valence-electron chi connectivity index (χ4n) is 1.68. The molecule has 134 valence electrons. The van der Waals surface area contributed by atoms with Crippen molar-refractivity contribution in [3.8, 4) is 0 Å². The van der Waals surface area contributed by atoms with Gasteiger partial charge in [-0.15, -0.1) is 0 Å². The monoisotopic (exact) mass is 355 g/mol. The third kappa shape index (κ3) is 4.56. The molecule has 5 nitrogen and oxygen atoms in total. The van der Waals surface area contributed by atoms with Gasteiger partial charge in [0.2, 0.25) is 5.82 Å². The third-order valence-corrected chi connectivity index (χ3v) is 2.70. The van der Waals surface area contributed by atoms with Gasteiger partial charge < -0.3 is 15.2 Å². The van der Waals surface area contributed by atoms with Crippen molar-refractivity contribution in [2.24, 2.45) is 0 Å². The molecule has 2 N–H and O–H groups in total. The van der Waals surface area contributed by atoms with Gasteiger partial charge in [-0.3, -0.25) is 0 Å². The molecule has 0 radical (unpaired) electrons. The van der Waals surface area contributed by atoms with Gasteiger partial charge in [-0.05, 0) is 20.8 Å². The smallest absolute Gasteiger partial charge is 0.408 e. The normalized spacial score (nSPS) is 12.7. The third-order valence-electron chi connectivity index (χ3n) is 2.70. The fraction of sp³-hybridized carbons (Fsp3) is 0.429. The first-order valence-electron chi connectivity index (χ1n) is 6.57. The molecule has 10 heteroatoms. The van der Waals surface area contributed by atoms with Crippen molar-refractivity contribution < 1.29 is 41.4 Å². The van der Waals surface area contributed by atoms with E-state index < -0.39 is 64.8 Å². The minimum Gasteiger partial charge on any atom is -0.480 e. The zero-order chi connectivity index (χ0) is 18.8. The lowest BCUT2D eigenvalue weighted by molar-refractivity contribution is -0.139. The highest BCUT2D eigenvalue weighted by molar-refractivity contribution is 5.80. The van der Waals surface area contributed by atoms with Gasteiger partial charge in [0.1, 0.15) is 11.6 Å². The lowest BCUT2D eigenvalue weighted by atomic mass is 10.0. The Labute approximate surface area is 133 Å². The second-order valence-electron chi connectivity index (χ2n) is 5.79. The Morgan fingerprint density at radius 3 is 1.79 bits per heavy atom. The van der Waals surface area contributed by atoms with Crippen LogP contribution in [-0.2, 0) is 16.0 Å². The summed E-state index contributed by atoms with van der Waals surface area (Å²) in [5.74, 6) is -12.8. The lowest BCUT2D eigenvalue weighted by Crippen LogP contribution is -2.45. The predicted molar refractivity (Wildman–Crippen MR) is 70.7 cm³/mol. The Bertz CT molecular complexity index is 643. The number of carboxylic acids is 1. The molecule has 1 aromatic carbocycles. The van der Waals surface area contributed by atoms with Crippen LogP contribution in [-0.4, -0.2) is 28.8 Å². The first-order valence-corrected chi connectivity index (χ1v) is 6.57. The Morgan fingerprint density at radius 2 is 1.42 bits per heavy atom. The van der Waals surface area contributed by atoms with E-state index in [0.717, 1.165) is 0 Å². The van der Waals surface area contributed by atoms with Crippen molar-refractivity contribution in [1.29, 1.82) is 0 Å². The minimum absolute atomic E-state index is 0.988. The molecular formula is C14H14F5NO4. The number of carbonyl (C=O) groups excluding carboxylic acids is 1. The van der Waals surface area contributed by atoms with Crippen molar-refractivity contribution >= 4 is 12.1 Å². The van der Waals surface area contributed by atoms with Gasteiger partial charge in [0.15, 0.2) is 23.3 Å². The first-order chi connectivity index (χ1) is 10.8. The van der Waals surface area contributed by atoms with Gasteiger partial charge in [0.05, 0.1) is 0 Å². The number of benzene rings is 1. The second-order valence-corrected chi connectivity index (χ2v) is 5.79. The number of rotatable bonds is 4. The molecule has 0 bridgehead atoms. The van der Waals surface area contributed by atoms with E-state index in [1.807, 2.05) is 0 Å². The maximum atomic E-state index is 13.6. The quantitative estimate of drug-likeness (QED) is 0.495. The van der Waals surface area contributed by atoms with E-state index >= 15 is 0 Å². The van der Waals surface area contributed by atoms with Crippen LogP contribution in [0.3, 0.4) is 0 Å². The predicted octanol–water partition coefficient (Wildman–Crippen LogP) is 2.90.